The monoisotopic (exact) mass is 160 g/mol. The standard InChI is InChI=1S/C9H20O2/c1-7(2)5-9(10)6-11-8(3)4/h7-10H,5-6H2,1-4H3. The van der Waals surface area contributed by atoms with Gasteiger partial charge in [0, 0.05) is 0 Å². The second kappa shape index (κ2) is 5.56. The third-order valence-corrected chi connectivity index (χ3v) is 1.37. The van der Waals surface area contributed by atoms with E-state index >= 15 is 0 Å². The Labute approximate surface area is 69.6 Å². The van der Waals surface area contributed by atoms with Gasteiger partial charge in [-0.15, -0.1) is 0 Å². The highest BCUT2D eigenvalue weighted by Crippen LogP contribution is 2.05. The first-order valence-electron chi connectivity index (χ1n) is 4.32. The van der Waals surface area contributed by atoms with Gasteiger partial charge in [0.15, 0.2) is 0 Å². The molecule has 0 fully saturated rings. The quantitative estimate of drug-likeness (QED) is 0.664. The lowest BCUT2D eigenvalue weighted by Crippen LogP contribution is -2.20. The number of hydrogen-bond acceptors (Lipinski definition) is 2. The average molecular weight is 160 g/mol. The largest absolute Gasteiger partial charge is 0.391 e. The minimum absolute atomic E-state index is 0.219. The molecule has 0 spiro atoms. The zero-order valence-electron chi connectivity index (χ0n) is 8.00. The van der Waals surface area contributed by atoms with Gasteiger partial charge in [-0.3, -0.25) is 0 Å². The van der Waals surface area contributed by atoms with Crippen molar-refractivity contribution < 1.29 is 9.84 Å². The summed E-state index contributed by atoms with van der Waals surface area (Å²) in [4.78, 5) is 0. The Morgan fingerprint density at radius 3 is 2.09 bits per heavy atom. The summed E-state index contributed by atoms with van der Waals surface area (Å²) in [7, 11) is 0. The van der Waals surface area contributed by atoms with Gasteiger partial charge in [-0.05, 0) is 26.2 Å². The van der Waals surface area contributed by atoms with E-state index < -0.39 is 0 Å². The Balaban J connectivity index is 3.29. The highest BCUT2D eigenvalue weighted by molar-refractivity contribution is 4.57. The Morgan fingerprint density at radius 1 is 1.18 bits per heavy atom. The molecule has 0 aliphatic heterocycles. The second-order valence-electron chi connectivity index (χ2n) is 3.67. The highest BCUT2D eigenvalue weighted by Gasteiger charge is 2.07. The molecule has 0 saturated heterocycles. The highest BCUT2D eigenvalue weighted by atomic mass is 16.5. The van der Waals surface area contributed by atoms with Crippen molar-refractivity contribution in [1.29, 1.82) is 0 Å². The summed E-state index contributed by atoms with van der Waals surface area (Å²) in [5, 5.41) is 9.34. The molecule has 11 heavy (non-hydrogen) atoms. The van der Waals surface area contributed by atoms with Crippen LogP contribution in [-0.2, 0) is 4.74 Å². The molecule has 0 amide bonds. The van der Waals surface area contributed by atoms with Crippen LogP contribution in [0.5, 0.6) is 0 Å². The number of hydrogen-bond donors (Lipinski definition) is 1. The van der Waals surface area contributed by atoms with Crippen molar-refractivity contribution in [1.82, 2.24) is 0 Å². The fourth-order valence-corrected chi connectivity index (χ4v) is 0.916. The summed E-state index contributed by atoms with van der Waals surface area (Å²) >= 11 is 0. The van der Waals surface area contributed by atoms with Gasteiger partial charge < -0.3 is 9.84 Å². The summed E-state index contributed by atoms with van der Waals surface area (Å²) < 4.78 is 5.25. The van der Waals surface area contributed by atoms with Crippen molar-refractivity contribution in [3.63, 3.8) is 0 Å². The first-order chi connectivity index (χ1) is 5.02. The molecule has 0 aromatic carbocycles. The van der Waals surface area contributed by atoms with E-state index in [1.807, 2.05) is 13.8 Å². The van der Waals surface area contributed by atoms with Gasteiger partial charge >= 0.3 is 0 Å². The van der Waals surface area contributed by atoms with Gasteiger partial charge in [-0.2, -0.15) is 0 Å². The van der Waals surface area contributed by atoms with Crippen LogP contribution in [0.3, 0.4) is 0 Å². The minimum Gasteiger partial charge on any atom is -0.391 e. The predicted octanol–water partition coefficient (Wildman–Crippen LogP) is 1.82. The molecular weight excluding hydrogens is 140 g/mol. The molecule has 1 N–H and O–H groups in total. The van der Waals surface area contributed by atoms with Crippen LogP contribution in [-0.4, -0.2) is 23.9 Å². The molecule has 1 atom stereocenters. The molecule has 1 unspecified atom stereocenters. The molecule has 0 bridgehead atoms. The second-order valence-corrected chi connectivity index (χ2v) is 3.67. The molecule has 0 aliphatic rings. The summed E-state index contributed by atoms with van der Waals surface area (Å²) in [6.45, 7) is 8.61. The van der Waals surface area contributed by atoms with Gasteiger partial charge in [0.2, 0.25) is 0 Å². The van der Waals surface area contributed by atoms with E-state index in [0.717, 1.165) is 6.42 Å². The van der Waals surface area contributed by atoms with Gasteiger partial charge in [0.05, 0.1) is 18.8 Å². The summed E-state index contributed by atoms with van der Waals surface area (Å²) in [6, 6.07) is 0. The van der Waals surface area contributed by atoms with Crippen LogP contribution in [0.2, 0.25) is 0 Å². The van der Waals surface area contributed by atoms with E-state index in [-0.39, 0.29) is 12.2 Å². The van der Waals surface area contributed by atoms with E-state index in [9.17, 15) is 5.11 Å². The molecule has 0 aromatic heterocycles. The maximum Gasteiger partial charge on any atom is 0.0776 e. The first-order valence-corrected chi connectivity index (χ1v) is 4.32. The lowest BCUT2D eigenvalue weighted by molar-refractivity contribution is -0.00189. The summed E-state index contributed by atoms with van der Waals surface area (Å²) in [5.74, 6) is 0.542. The van der Waals surface area contributed by atoms with E-state index in [1.165, 1.54) is 0 Å². The van der Waals surface area contributed by atoms with E-state index in [4.69, 9.17) is 4.74 Å². The molecule has 2 heteroatoms. The normalized spacial score (nSPS) is 14.5. The maximum atomic E-state index is 9.34. The average Bonchev–Trinajstić information content (AvgIpc) is 1.82. The van der Waals surface area contributed by atoms with Crippen molar-refractivity contribution in [3.8, 4) is 0 Å². The topological polar surface area (TPSA) is 29.5 Å². The molecule has 2 nitrogen and oxygen atoms in total. The maximum absolute atomic E-state index is 9.34. The van der Waals surface area contributed by atoms with Crippen LogP contribution in [0, 0.1) is 5.92 Å². The number of aliphatic hydroxyl groups is 1. The van der Waals surface area contributed by atoms with Crippen molar-refractivity contribution in [3.05, 3.63) is 0 Å². The summed E-state index contributed by atoms with van der Waals surface area (Å²) in [6.07, 6.45) is 0.751. The third kappa shape index (κ3) is 7.82. The van der Waals surface area contributed by atoms with Crippen LogP contribution < -0.4 is 0 Å². The first kappa shape index (κ1) is 10.9. The van der Waals surface area contributed by atoms with Crippen LogP contribution in [0.25, 0.3) is 0 Å². The van der Waals surface area contributed by atoms with Crippen molar-refractivity contribution >= 4 is 0 Å². The van der Waals surface area contributed by atoms with Crippen LogP contribution >= 0.6 is 0 Å². The summed E-state index contributed by atoms with van der Waals surface area (Å²) in [5.41, 5.74) is 0. The van der Waals surface area contributed by atoms with Crippen LogP contribution in [0.15, 0.2) is 0 Å². The fourth-order valence-electron chi connectivity index (χ4n) is 0.916. The Hall–Kier alpha value is -0.0800. The Bertz CT molecular complexity index is 89.6. The van der Waals surface area contributed by atoms with Crippen LogP contribution in [0.1, 0.15) is 34.1 Å². The zero-order valence-corrected chi connectivity index (χ0v) is 8.00. The Kier molecular flexibility index (Phi) is 5.51. The Morgan fingerprint density at radius 2 is 1.73 bits per heavy atom. The van der Waals surface area contributed by atoms with E-state index in [1.54, 1.807) is 0 Å². The smallest absolute Gasteiger partial charge is 0.0776 e. The van der Waals surface area contributed by atoms with Crippen LogP contribution in [0.4, 0.5) is 0 Å². The molecule has 68 valence electrons. The van der Waals surface area contributed by atoms with Gasteiger partial charge in [-0.1, -0.05) is 13.8 Å². The van der Waals surface area contributed by atoms with Crippen molar-refractivity contribution in [2.75, 3.05) is 6.61 Å². The van der Waals surface area contributed by atoms with Gasteiger partial charge in [-0.25, -0.2) is 0 Å². The fraction of sp³-hybridized carbons (Fsp3) is 1.00. The predicted molar refractivity (Wildman–Crippen MR) is 46.5 cm³/mol. The third-order valence-electron chi connectivity index (χ3n) is 1.37. The molecule has 0 heterocycles. The molecular formula is C9H20O2. The van der Waals surface area contributed by atoms with Crippen molar-refractivity contribution in [2.24, 2.45) is 5.92 Å². The molecule has 0 rings (SSSR count). The SMILES string of the molecule is CC(C)CC(O)COC(C)C. The lowest BCUT2D eigenvalue weighted by atomic mass is 10.1. The number of ether oxygens (including phenoxy) is 1. The molecule has 0 aromatic rings. The minimum atomic E-state index is -0.294. The number of aliphatic hydroxyl groups excluding tert-OH is 1. The van der Waals surface area contributed by atoms with Gasteiger partial charge in [0.25, 0.3) is 0 Å². The van der Waals surface area contributed by atoms with E-state index in [2.05, 4.69) is 13.8 Å². The van der Waals surface area contributed by atoms with Gasteiger partial charge in [0.1, 0.15) is 0 Å². The zero-order chi connectivity index (χ0) is 8.85. The lowest BCUT2D eigenvalue weighted by Gasteiger charge is -2.14. The van der Waals surface area contributed by atoms with E-state index in [0.29, 0.717) is 12.5 Å². The molecule has 0 saturated carbocycles. The molecule has 0 aliphatic carbocycles. The van der Waals surface area contributed by atoms with Crippen molar-refractivity contribution in [2.45, 2.75) is 46.3 Å². The molecule has 0 radical (unpaired) electrons. The number of rotatable bonds is 5.